The minimum Gasteiger partial charge on any atom is -0.349 e. The molecule has 1 aliphatic heterocycles. The van der Waals surface area contributed by atoms with Gasteiger partial charge < -0.3 is 15.5 Å². The molecular weight excluding hydrogens is 436 g/mol. The largest absolute Gasteiger partial charge is 0.349 e. The second-order valence-corrected chi connectivity index (χ2v) is 10.4. The van der Waals surface area contributed by atoms with Gasteiger partial charge in [0.2, 0.25) is 11.9 Å². The maximum Gasteiger partial charge on any atom is 0.274 e. The van der Waals surface area contributed by atoms with Crippen LogP contribution >= 0.6 is 11.3 Å². The van der Waals surface area contributed by atoms with Crippen LogP contribution in [-0.2, 0) is 4.79 Å². The average Bonchev–Trinajstić information content (AvgIpc) is 3.21. The molecule has 1 saturated carbocycles. The van der Waals surface area contributed by atoms with Crippen LogP contribution in [0.15, 0.2) is 29.9 Å². The van der Waals surface area contributed by atoms with Crippen LogP contribution in [0.25, 0.3) is 10.2 Å². The van der Waals surface area contributed by atoms with E-state index in [1.54, 1.807) is 4.90 Å². The fraction of sp³-hybridized carbons (Fsp3) is 0.458. The van der Waals surface area contributed by atoms with Gasteiger partial charge in [-0.25, -0.2) is 9.97 Å². The summed E-state index contributed by atoms with van der Waals surface area (Å²) in [6.07, 6.45) is 6.63. The summed E-state index contributed by atoms with van der Waals surface area (Å²) in [7, 11) is 0. The number of hydrogen-bond acceptors (Lipinski definition) is 7. The van der Waals surface area contributed by atoms with Crippen molar-refractivity contribution in [3.8, 4) is 0 Å². The Morgan fingerprint density at radius 3 is 2.73 bits per heavy atom. The Morgan fingerprint density at radius 2 is 2.03 bits per heavy atom. The van der Waals surface area contributed by atoms with E-state index < -0.39 is 0 Å². The third-order valence-electron chi connectivity index (χ3n) is 6.76. The Hall–Kier alpha value is -3.07. The Morgan fingerprint density at radius 1 is 1.24 bits per heavy atom. The van der Waals surface area contributed by atoms with Crippen LogP contribution < -0.4 is 10.6 Å². The van der Waals surface area contributed by atoms with Gasteiger partial charge in [-0.1, -0.05) is 19.4 Å². The molecule has 0 bridgehead atoms. The first-order valence-corrected chi connectivity index (χ1v) is 12.2. The molecule has 2 fully saturated rings. The van der Waals surface area contributed by atoms with Crippen molar-refractivity contribution in [3.63, 3.8) is 0 Å². The van der Waals surface area contributed by atoms with E-state index in [1.165, 1.54) is 11.3 Å². The standard InChI is InChI=1S/C24H28N6O2S/c1-14-9-16(11-25-10-14)15(2)26-23-28-18-5-8-33-20(18)19(29-23)21(31)30-12-17(13-30)27-22(32)24(3)6-4-7-24/h5,8-11,15,17H,4,6-7,12-13H2,1-3H3,(H,27,32)(H,26,28,29). The first-order chi connectivity index (χ1) is 15.8. The lowest BCUT2D eigenvalue weighted by atomic mass is 9.69. The normalized spacial score (nSPS) is 18.3. The molecule has 2 N–H and O–H groups in total. The van der Waals surface area contributed by atoms with Crippen molar-refractivity contribution in [2.75, 3.05) is 18.4 Å². The van der Waals surface area contributed by atoms with Gasteiger partial charge in [0.1, 0.15) is 0 Å². The van der Waals surface area contributed by atoms with Crippen LogP contribution in [-0.4, -0.2) is 50.8 Å². The number of nitrogens with zero attached hydrogens (tertiary/aromatic N) is 4. The quantitative estimate of drug-likeness (QED) is 0.577. The highest BCUT2D eigenvalue weighted by molar-refractivity contribution is 7.17. The van der Waals surface area contributed by atoms with Crippen molar-refractivity contribution in [1.82, 2.24) is 25.2 Å². The van der Waals surface area contributed by atoms with E-state index in [1.807, 2.05) is 44.6 Å². The van der Waals surface area contributed by atoms with E-state index in [9.17, 15) is 9.59 Å². The van der Waals surface area contributed by atoms with E-state index in [0.717, 1.165) is 40.6 Å². The molecule has 0 spiro atoms. The molecule has 1 saturated heterocycles. The molecule has 0 radical (unpaired) electrons. The number of aryl methyl sites for hydroxylation is 1. The van der Waals surface area contributed by atoms with Crippen LogP contribution in [0.5, 0.6) is 0 Å². The highest BCUT2D eigenvalue weighted by Gasteiger charge is 2.42. The number of carbonyl (C=O) groups is 2. The number of anilines is 1. The molecule has 8 nitrogen and oxygen atoms in total. The maximum atomic E-state index is 13.3. The average molecular weight is 465 g/mol. The zero-order chi connectivity index (χ0) is 23.2. The molecule has 1 unspecified atom stereocenters. The third-order valence-corrected chi connectivity index (χ3v) is 7.67. The van der Waals surface area contributed by atoms with Crippen LogP contribution in [0, 0.1) is 12.3 Å². The first-order valence-electron chi connectivity index (χ1n) is 11.4. The van der Waals surface area contributed by atoms with Gasteiger partial charge in [0.05, 0.1) is 22.3 Å². The van der Waals surface area contributed by atoms with E-state index in [2.05, 4.69) is 31.7 Å². The molecule has 4 heterocycles. The zero-order valence-corrected chi connectivity index (χ0v) is 19.9. The second kappa shape index (κ2) is 8.37. The lowest BCUT2D eigenvalue weighted by molar-refractivity contribution is -0.136. The van der Waals surface area contributed by atoms with E-state index in [-0.39, 0.29) is 29.3 Å². The molecule has 1 atom stereocenters. The predicted octanol–water partition coefficient (Wildman–Crippen LogP) is 3.70. The Labute approximate surface area is 196 Å². The first kappa shape index (κ1) is 21.8. The summed E-state index contributed by atoms with van der Waals surface area (Å²) in [6, 6.07) is 3.92. The topological polar surface area (TPSA) is 100 Å². The molecule has 5 rings (SSSR count). The van der Waals surface area contributed by atoms with E-state index >= 15 is 0 Å². The number of amides is 2. The van der Waals surface area contributed by atoms with Crippen molar-refractivity contribution in [1.29, 1.82) is 0 Å². The van der Waals surface area contributed by atoms with E-state index in [4.69, 9.17) is 0 Å². The van der Waals surface area contributed by atoms with Crippen molar-refractivity contribution >= 4 is 39.3 Å². The van der Waals surface area contributed by atoms with Gasteiger partial charge in [0.25, 0.3) is 5.91 Å². The van der Waals surface area contributed by atoms with Gasteiger partial charge in [-0.15, -0.1) is 11.3 Å². The molecule has 3 aromatic rings. The molecule has 2 aliphatic rings. The van der Waals surface area contributed by atoms with Crippen molar-refractivity contribution < 1.29 is 9.59 Å². The monoisotopic (exact) mass is 464 g/mol. The number of hydrogen-bond donors (Lipinski definition) is 2. The molecule has 0 aromatic carbocycles. The highest BCUT2D eigenvalue weighted by atomic mass is 32.1. The fourth-order valence-corrected chi connectivity index (χ4v) is 5.16. The minimum absolute atomic E-state index is 0.00553. The number of nitrogens with one attached hydrogen (secondary N) is 2. The van der Waals surface area contributed by atoms with Crippen LogP contribution in [0.3, 0.4) is 0 Å². The Kier molecular flexibility index (Phi) is 5.52. The van der Waals surface area contributed by atoms with Crippen LogP contribution in [0.2, 0.25) is 0 Å². The zero-order valence-electron chi connectivity index (χ0n) is 19.1. The van der Waals surface area contributed by atoms with Gasteiger partial charge >= 0.3 is 0 Å². The van der Waals surface area contributed by atoms with Gasteiger partial charge in [0, 0.05) is 30.9 Å². The SMILES string of the molecule is Cc1cncc(C(C)Nc2nc(C(=O)N3CC(NC(=O)C4(C)CCC4)C3)c3sccc3n2)c1. The smallest absolute Gasteiger partial charge is 0.274 e. The number of rotatable bonds is 6. The molecule has 172 valence electrons. The molecule has 3 aromatic heterocycles. The third kappa shape index (κ3) is 4.17. The molecule has 33 heavy (non-hydrogen) atoms. The number of carbonyl (C=O) groups excluding carboxylic acids is 2. The fourth-order valence-electron chi connectivity index (χ4n) is 4.34. The Balaban J connectivity index is 1.29. The van der Waals surface area contributed by atoms with Crippen LogP contribution in [0.4, 0.5) is 5.95 Å². The number of pyridine rings is 1. The van der Waals surface area contributed by atoms with Gasteiger partial charge in [-0.3, -0.25) is 14.6 Å². The minimum atomic E-state index is -0.232. The number of aromatic nitrogens is 3. The van der Waals surface area contributed by atoms with Gasteiger partial charge in [-0.05, 0) is 49.3 Å². The highest BCUT2D eigenvalue weighted by Crippen LogP contribution is 2.40. The molecule has 1 aliphatic carbocycles. The van der Waals surface area contributed by atoms with Crippen molar-refractivity contribution in [2.45, 2.75) is 52.1 Å². The summed E-state index contributed by atoms with van der Waals surface area (Å²) in [4.78, 5) is 41.0. The molecular formula is C24H28N6O2S. The summed E-state index contributed by atoms with van der Waals surface area (Å²) >= 11 is 1.47. The summed E-state index contributed by atoms with van der Waals surface area (Å²) < 4.78 is 0.782. The van der Waals surface area contributed by atoms with Gasteiger partial charge in [-0.2, -0.15) is 0 Å². The van der Waals surface area contributed by atoms with Crippen LogP contribution in [0.1, 0.15) is 60.8 Å². The summed E-state index contributed by atoms with van der Waals surface area (Å²) in [5, 5.41) is 8.35. The summed E-state index contributed by atoms with van der Waals surface area (Å²) in [5.74, 6) is 0.402. The second-order valence-electron chi connectivity index (χ2n) is 9.49. The lowest BCUT2D eigenvalue weighted by Crippen LogP contribution is -2.63. The Bertz CT molecular complexity index is 1210. The lowest BCUT2D eigenvalue weighted by Gasteiger charge is -2.43. The number of thiophene rings is 1. The van der Waals surface area contributed by atoms with E-state index in [0.29, 0.717) is 24.7 Å². The maximum absolute atomic E-state index is 13.3. The molecule has 9 heteroatoms. The molecule has 2 amide bonds. The van der Waals surface area contributed by atoms with Crippen molar-refractivity contribution in [2.24, 2.45) is 5.41 Å². The predicted molar refractivity (Wildman–Crippen MR) is 128 cm³/mol. The van der Waals surface area contributed by atoms with Gasteiger partial charge in [0.15, 0.2) is 5.69 Å². The summed E-state index contributed by atoms with van der Waals surface area (Å²) in [5.41, 5.74) is 3.03. The summed E-state index contributed by atoms with van der Waals surface area (Å²) in [6.45, 7) is 7.05. The van der Waals surface area contributed by atoms with Crippen molar-refractivity contribution in [3.05, 3.63) is 46.7 Å². The number of fused-ring (bicyclic) bond motifs is 1. The number of likely N-dealkylation sites (tertiary alicyclic amines) is 1.